The lowest BCUT2D eigenvalue weighted by Gasteiger charge is -2.04. The Morgan fingerprint density at radius 1 is 1.33 bits per heavy atom. The molecule has 0 aromatic heterocycles. The molecule has 98 valence electrons. The molecule has 0 atom stereocenters. The van der Waals surface area contributed by atoms with Crippen LogP contribution in [0.1, 0.15) is 20.3 Å². The monoisotopic (exact) mass is 251 g/mol. The Morgan fingerprint density at radius 3 is 2.44 bits per heavy atom. The second kappa shape index (κ2) is 7.94. The third kappa shape index (κ3) is 6.37. The van der Waals surface area contributed by atoms with Crippen molar-refractivity contribution in [3.63, 3.8) is 0 Å². The van der Waals surface area contributed by atoms with Crippen molar-refractivity contribution in [2.75, 3.05) is 6.54 Å². The van der Waals surface area contributed by atoms with E-state index >= 15 is 0 Å². The molecule has 0 spiro atoms. The highest BCUT2D eigenvalue weighted by Gasteiger charge is 2.07. The van der Waals surface area contributed by atoms with Gasteiger partial charge in [-0.15, -0.1) is 0 Å². The van der Waals surface area contributed by atoms with Crippen molar-refractivity contribution in [3.05, 3.63) is 24.6 Å². The summed E-state index contributed by atoms with van der Waals surface area (Å²) in [6, 6.07) is 0. The van der Waals surface area contributed by atoms with Crippen molar-refractivity contribution in [2.45, 2.75) is 20.3 Å². The number of allylic oxidation sites excluding steroid dienone is 1. The lowest BCUT2D eigenvalue weighted by Crippen LogP contribution is -2.26. The van der Waals surface area contributed by atoms with Gasteiger partial charge in [0.15, 0.2) is 0 Å². The van der Waals surface area contributed by atoms with Gasteiger partial charge in [0.25, 0.3) is 5.91 Å². The van der Waals surface area contributed by atoms with E-state index in [0.717, 1.165) is 0 Å². The normalized spacial score (nSPS) is 11.3. The minimum absolute atomic E-state index is 0.00894. The number of amides is 1. The number of nitrogens with one attached hydrogen (secondary N) is 1. The zero-order valence-electron chi connectivity index (χ0n) is 10.6. The molecule has 0 aliphatic carbocycles. The summed E-state index contributed by atoms with van der Waals surface area (Å²) in [7, 11) is 0. The maximum atomic E-state index is 11.5. The zero-order valence-corrected chi connectivity index (χ0v) is 10.6. The molecule has 0 aromatic rings. The summed E-state index contributed by atoms with van der Waals surface area (Å²) in [4.78, 5) is 29.6. The molecule has 6 nitrogen and oxygen atoms in total. The second-order valence-corrected chi connectivity index (χ2v) is 3.38. The van der Waals surface area contributed by atoms with Crippen molar-refractivity contribution in [3.8, 4) is 0 Å². The number of carbonyl (C=O) groups is 2. The highest BCUT2D eigenvalue weighted by atomic mass is 16.4. The lowest BCUT2D eigenvalue weighted by molar-refractivity contribution is -0.136. The summed E-state index contributed by atoms with van der Waals surface area (Å²) in [6.07, 6.45) is 1.42. The average Bonchev–Trinajstić information content (AvgIpc) is 2.28. The van der Waals surface area contributed by atoms with Crippen LogP contribution in [-0.2, 0) is 9.59 Å². The third-order valence-electron chi connectivity index (χ3n) is 1.89. The van der Waals surface area contributed by atoms with Gasteiger partial charge in [-0.1, -0.05) is 13.2 Å². The SMILES string of the molecule is C=C(N=C(C)C(=C)N=CC)C(=O)NCCC(=O)O. The predicted octanol–water partition coefficient (Wildman–Crippen LogP) is 1.16. The van der Waals surface area contributed by atoms with E-state index in [-0.39, 0.29) is 18.7 Å². The maximum absolute atomic E-state index is 11.5. The quantitative estimate of drug-likeness (QED) is 0.525. The first kappa shape index (κ1) is 15.8. The van der Waals surface area contributed by atoms with E-state index in [1.807, 2.05) is 0 Å². The topological polar surface area (TPSA) is 91.1 Å². The average molecular weight is 251 g/mol. The van der Waals surface area contributed by atoms with E-state index in [1.54, 1.807) is 20.1 Å². The van der Waals surface area contributed by atoms with E-state index in [2.05, 4.69) is 28.5 Å². The smallest absolute Gasteiger partial charge is 0.305 e. The van der Waals surface area contributed by atoms with Crippen LogP contribution >= 0.6 is 0 Å². The Morgan fingerprint density at radius 2 is 1.94 bits per heavy atom. The molecule has 0 heterocycles. The Kier molecular flexibility index (Phi) is 6.95. The molecule has 0 aliphatic heterocycles. The van der Waals surface area contributed by atoms with Gasteiger partial charge in [0.05, 0.1) is 17.8 Å². The summed E-state index contributed by atoms with van der Waals surface area (Å²) in [5.74, 6) is -1.49. The van der Waals surface area contributed by atoms with E-state index in [1.165, 1.54) is 0 Å². The lowest BCUT2D eigenvalue weighted by atomic mass is 10.3. The molecule has 0 aliphatic rings. The van der Waals surface area contributed by atoms with E-state index in [4.69, 9.17) is 5.11 Å². The summed E-state index contributed by atoms with van der Waals surface area (Å²) in [5.41, 5.74) is 0.911. The summed E-state index contributed by atoms with van der Waals surface area (Å²) >= 11 is 0. The molecule has 2 N–H and O–H groups in total. The van der Waals surface area contributed by atoms with Crippen LogP contribution in [-0.4, -0.2) is 35.5 Å². The molecular weight excluding hydrogens is 234 g/mol. The number of hydrogen-bond donors (Lipinski definition) is 2. The van der Waals surface area contributed by atoms with Gasteiger partial charge in [0.1, 0.15) is 5.70 Å². The molecular formula is C12H17N3O3. The van der Waals surface area contributed by atoms with Crippen LogP contribution < -0.4 is 5.32 Å². The first-order chi connectivity index (χ1) is 8.38. The highest BCUT2D eigenvalue weighted by Crippen LogP contribution is 2.01. The summed E-state index contributed by atoms with van der Waals surface area (Å²) < 4.78 is 0. The zero-order chi connectivity index (χ0) is 14.1. The minimum Gasteiger partial charge on any atom is -0.481 e. The molecule has 6 heteroatoms. The molecule has 18 heavy (non-hydrogen) atoms. The van der Waals surface area contributed by atoms with Crippen molar-refractivity contribution < 1.29 is 14.7 Å². The van der Waals surface area contributed by atoms with E-state index < -0.39 is 11.9 Å². The molecule has 0 radical (unpaired) electrons. The van der Waals surface area contributed by atoms with Crippen LogP contribution in [0.25, 0.3) is 0 Å². The number of carboxylic acids is 1. The van der Waals surface area contributed by atoms with Crippen LogP contribution in [0.5, 0.6) is 0 Å². The Bertz CT molecular complexity index is 422. The van der Waals surface area contributed by atoms with Crippen molar-refractivity contribution in [2.24, 2.45) is 9.98 Å². The van der Waals surface area contributed by atoms with Gasteiger partial charge in [-0.2, -0.15) is 0 Å². The van der Waals surface area contributed by atoms with E-state index in [0.29, 0.717) is 11.4 Å². The number of hydrogen-bond acceptors (Lipinski definition) is 4. The maximum Gasteiger partial charge on any atom is 0.305 e. The van der Waals surface area contributed by atoms with Gasteiger partial charge in [-0.25, -0.2) is 4.99 Å². The van der Waals surface area contributed by atoms with Crippen LogP contribution in [0.3, 0.4) is 0 Å². The third-order valence-corrected chi connectivity index (χ3v) is 1.89. The number of carboxylic acid groups (broad SMARTS) is 1. The fraction of sp³-hybridized carbons (Fsp3) is 0.333. The molecule has 0 unspecified atom stereocenters. The largest absolute Gasteiger partial charge is 0.481 e. The van der Waals surface area contributed by atoms with Crippen molar-refractivity contribution >= 4 is 23.8 Å². The van der Waals surface area contributed by atoms with Gasteiger partial charge >= 0.3 is 5.97 Å². The first-order valence-corrected chi connectivity index (χ1v) is 5.30. The van der Waals surface area contributed by atoms with Crippen LogP contribution in [0.15, 0.2) is 34.5 Å². The molecule has 0 aromatic carbocycles. The molecule has 0 saturated carbocycles. The molecule has 0 saturated heterocycles. The second-order valence-electron chi connectivity index (χ2n) is 3.38. The van der Waals surface area contributed by atoms with E-state index in [9.17, 15) is 9.59 Å². The fourth-order valence-electron chi connectivity index (χ4n) is 0.952. The predicted molar refractivity (Wildman–Crippen MR) is 70.8 cm³/mol. The van der Waals surface area contributed by atoms with Gasteiger partial charge in [-0.05, 0) is 13.8 Å². The summed E-state index contributed by atoms with van der Waals surface area (Å²) in [6.45, 7) is 10.6. The summed E-state index contributed by atoms with van der Waals surface area (Å²) in [5, 5.41) is 10.8. The highest BCUT2D eigenvalue weighted by molar-refractivity contribution is 6.03. The van der Waals surface area contributed by atoms with Crippen LogP contribution in [0.2, 0.25) is 0 Å². The van der Waals surface area contributed by atoms with Crippen molar-refractivity contribution in [1.29, 1.82) is 0 Å². The van der Waals surface area contributed by atoms with Crippen LogP contribution in [0, 0.1) is 0 Å². The minimum atomic E-state index is -0.980. The standard InChI is InChI=1S/C12H17N3O3/c1-5-13-8(2)9(3)15-10(4)12(18)14-7-6-11(16)17/h5H,2,4,6-7H2,1,3H3,(H,14,18)(H,16,17). The molecule has 0 rings (SSSR count). The van der Waals surface area contributed by atoms with Crippen molar-refractivity contribution in [1.82, 2.24) is 5.32 Å². The molecule has 1 amide bonds. The Hall–Kier alpha value is -2.24. The number of aliphatic imine (C=N–C) groups is 2. The van der Waals surface area contributed by atoms with Gasteiger partial charge < -0.3 is 10.4 Å². The molecule has 0 bridgehead atoms. The fourth-order valence-corrected chi connectivity index (χ4v) is 0.952. The Labute approximate surface area is 106 Å². The number of rotatable bonds is 7. The number of carbonyl (C=O) groups excluding carboxylic acids is 1. The number of nitrogens with zero attached hydrogens (tertiary/aromatic N) is 2. The Balaban J connectivity index is 4.39. The molecule has 0 fully saturated rings. The van der Waals surface area contributed by atoms with Crippen LogP contribution in [0.4, 0.5) is 0 Å². The van der Waals surface area contributed by atoms with Gasteiger partial charge in [0, 0.05) is 12.8 Å². The number of aliphatic carboxylic acids is 1. The van der Waals surface area contributed by atoms with Gasteiger partial charge in [0.2, 0.25) is 0 Å². The first-order valence-electron chi connectivity index (χ1n) is 5.30. The van der Waals surface area contributed by atoms with Gasteiger partial charge in [-0.3, -0.25) is 14.6 Å².